The smallest absolute Gasteiger partial charge is 0.231 e. The summed E-state index contributed by atoms with van der Waals surface area (Å²) in [6.45, 7) is 2.52. The molecule has 3 nitrogen and oxygen atoms in total. The SMILES string of the molecule is CCCn1ccnc1C(=O)c1cc(F)c(Cl)cc1F. The molecule has 0 aliphatic rings. The van der Waals surface area contributed by atoms with Crippen molar-refractivity contribution in [3.8, 4) is 0 Å². The minimum absolute atomic E-state index is 0.0856. The Balaban J connectivity index is 2.44. The summed E-state index contributed by atoms with van der Waals surface area (Å²) in [6, 6.07) is 1.59. The van der Waals surface area contributed by atoms with Crippen LogP contribution in [0.15, 0.2) is 24.5 Å². The van der Waals surface area contributed by atoms with Gasteiger partial charge in [0.25, 0.3) is 0 Å². The number of aryl methyl sites for hydroxylation is 1. The molecule has 0 bridgehead atoms. The fourth-order valence-corrected chi connectivity index (χ4v) is 1.91. The first-order valence-electron chi connectivity index (χ1n) is 5.75. The van der Waals surface area contributed by atoms with Crippen molar-refractivity contribution in [1.29, 1.82) is 0 Å². The Morgan fingerprint density at radius 1 is 1.37 bits per heavy atom. The Bertz CT molecular complexity index is 625. The van der Waals surface area contributed by atoms with Crippen LogP contribution in [0, 0.1) is 11.6 Å². The Hall–Kier alpha value is -1.75. The zero-order valence-electron chi connectivity index (χ0n) is 10.2. The van der Waals surface area contributed by atoms with E-state index in [1.54, 1.807) is 10.8 Å². The first-order chi connectivity index (χ1) is 9.04. The molecule has 1 aromatic carbocycles. The average Bonchev–Trinajstić information content (AvgIpc) is 2.82. The first kappa shape index (κ1) is 13.7. The lowest BCUT2D eigenvalue weighted by Gasteiger charge is -2.06. The van der Waals surface area contributed by atoms with E-state index in [9.17, 15) is 13.6 Å². The zero-order chi connectivity index (χ0) is 14.0. The monoisotopic (exact) mass is 284 g/mol. The standard InChI is InChI=1S/C13H11ClF2N2O/c1-2-4-18-5-3-17-13(18)12(19)8-6-11(16)9(14)7-10(8)15/h3,5-7H,2,4H2,1H3. The highest BCUT2D eigenvalue weighted by molar-refractivity contribution is 6.30. The number of rotatable bonds is 4. The fraction of sp³-hybridized carbons (Fsp3) is 0.231. The lowest BCUT2D eigenvalue weighted by atomic mass is 10.1. The second-order valence-electron chi connectivity index (χ2n) is 4.02. The highest BCUT2D eigenvalue weighted by Crippen LogP contribution is 2.21. The Morgan fingerprint density at radius 2 is 2.11 bits per heavy atom. The second-order valence-corrected chi connectivity index (χ2v) is 4.43. The second kappa shape index (κ2) is 5.48. The zero-order valence-corrected chi connectivity index (χ0v) is 10.9. The number of carbonyl (C=O) groups excluding carboxylic acids is 1. The van der Waals surface area contributed by atoms with E-state index >= 15 is 0 Å². The van der Waals surface area contributed by atoms with Crippen molar-refractivity contribution < 1.29 is 13.6 Å². The largest absolute Gasteiger partial charge is 0.328 e. The summed E-state index contributed by atoms with van der Waals surface area (Å²) in [5.74, 6) is -2.27. The van der Waals surface area contributed by atoms with Gasteiger partial charge in [0.15, 0.2) is 5.82 Å². The van der Waals surface area contributed by atoms with E-state index < -0.39 is 17.4 Å². The van der Waals surface area contributed by atoms with Crippen LogP contribution in [-0.4, -0.2) is 15.3 Å². The molecule has 0 aliphatic carbocycles. The van der Waals surface area contributed by atoms with Gasteiger partial charge in [-0.05, 0) is 18.6 Å². The van der Waals surface area contributed by atoms with Gasteiger partial charge < -0.3 is 4.57 Å². The molecule has 0 N–H and O–H groups in total. The maximum atomic E-state index is 13.7. The predicted octanol–water partition coefficient (Wildman–Crippen LogP) is 3.46. The van der Waals surface area contributed by atoms with Crippen LogP contribution in [0.25, 0.3) is 0 Å². The maximum absolute atomic E-state index is 13.7. The number of benzene rings is 1. The minimum atomic E-state index is -0.859. The van der Waals surface area contributed by atoms with Crippen molar-refractivity contribution >= 4 is 17.4 Å². The van der Waals surface area contributed by atoms with Crippen LogP contribution >= 0.6 is 11.6 Å². The van der Waals surface area contributed by atoms with Crippen molar-refractivity contribution in [2.75, 3.05) is 0 Å². The molecule has 0 aliphatic heterocycles. The van der Waals surface area contributed by atoms with Crippen LogP contribution in [0.4, 0.5) is 8.78 Å². The van der Waals surface area contributed by atoms with Crippen molar-refractivity contribution in [3.63, 3.8) is 0 Å². The molecular formula is C13H11ClF2N2O. The van der Waals surface area contributed by atoms with Gasteiger partial charge in [-0.1, -0.05) is 18.5 Å². The van der Waals surface area contributed by atoms with Crippen molar-refractivity contribution in [1.82, 2.24) is 9.55 Å². The summed E-state index contributed by atoms with van der Waals surface area (Å²) < 4.78 is 28.6. The van der Waals surface area contributed by atoms with Crippen LogP contribution in [0.2, 0.25) is 5.02 Å². The molecule has 6 heteroatoms. The number of carbonyl (C=O) groups is 1. The van der Waals surface area contributed by atoms with Crippen LogP contribution < -0.4 is 0 Å². The van der Waals surface area contributed by atoms with Gasteiger partial charge in [-0.25, -0.2) is 13.8 Å². The lowest BCUT2D eigenvalue weighted by molar-refractivity contribution is 0.102. The minimum Gasteiger partial charge on any atom is -0.328 e. The van der Waals surface area contributed by atoms with E-state index in [2.05, 4.69) is 4.98 Å². The van der Waals surface area contributed by atoms with Crippen molar-refractivity contribution in [2.24, 2.45) is 0 Å². The summed E-state index contributed by atoms with van der Waals surface area (Å²) in [4.78, 5) is 16.0. The summed E-state index contributed by atoms with van der Waals surface area (Å²) in [5, 5.41) is -0.356. The molecule has 0 amide bonds. The summed E-state index contributed by atoms with van der Waals surface area (Å²) in [7, 11) is 0. The molecule has 100 valence electrons. The topological polar surface area (TPSA) is 34.9 Å². The molecule has 0 saturated carbocycles. The van der Waals surface area contributed by atoms with Crippen molar-refractivity contribution in [3.05, 3.63) is 52.6 Å². The Kier molecular flexibility index (Phi) is 3.95. The number of ketones is 1. The summed E-state index contributed by atoms with van der Waals surface area (Å²) in [5.41, 5.74) is -0.370. The van der Waals surface area contributed by atoms with Gasteiger partial charge >= 0.3 is 0 Å². The molecule has 2 aromatic rings. The van der Waals surface area contributed by atoms with Gasteiger partial charge in [-0.2, -0.15) is 0 Å². The average molecular weight is 285 g/mol. The lowest BCUT2D eigenvalue weighted by Crippen LogP contribution is -2.13. The maximum Gasteiger partial charge on any atom is 0.231 e. The Morgan fingerprint density at radius 3 is 2.79 bits per heavy atom. The van der Waals surface area contributed by atoms with Crippen LogP contribution in [0.1, 0.15) is 29.5 Å². The highest BCUT2D eigenvalue weighted by atomic mass is 35.5. The molecule has 2 rings (SSSR count). The molecule has 19 heavy (non-hydrogen) atoms. The number of aromatic nitrogens is 2. The van der Waals surface area contributed by atoms with Gasteiger partial charge in [-0.3, -0.25) is 4.79 Å². The third kappa shape index (κ3) is 2.66. The first-order valence-corrected chi connectivity index (χ1v) is 6.12. The number of nitrogens with zero attached hydrogens (tertiary/aromatic N) is 2. The van der Waals surface area contributed by atoms with E-state index in [-0.39, 0.29) is 16.4 Å². The number of hydrogen-bond acceptors (Lipinski definition) is 2. The van der Waals surface area contributed by atoms with Gasteiger partial charge in [-0.15, -0.1) is 0 Å². The summed E-state index contributed by atoms with van der Waals surface area (Å²) in [6.07, 6.45) is 3.88. The van der Waals surface area contributed by atoms with Gasteiger partial charge in [0.2, 0.25) is 5.78 Å². The molecule has 0 atom stereocenters. The fourth-order valence-electron chi connectivity index (χ4n) is 1.76. The molecule has 0 radical (unpaired) electrons. The molecule has 0 spiro atoms. The summed E-state index contributed by atoms with van der Waals surface area (Å²) >= 11 is 5.45. The van der Waals surface area contributed by atoms with Crippen LogP contribution in [0.5, 0.6) is 0 Å². The van der Waals surface area contributed by atoms with E-state index in [0.29, 0.717) is 6.54 Å². The molecule has 1 aromatic heterocycles. The van der Waals surface area contributed by atoms with Gasteiger partial charge in [0.1, 0.15) is 11.6 Å². The normalized spacial score (nSPS) is 10.7. The van der Waals surface area contributed by atoms with Gasteiger partial charge in [0.05, 0.1) is 10.6 Å². The number of hydrogen-bond donors (Lipinski definition) is 0. The third-order valence-electron chi connectivity index (χ3n) is 2.64. The van der Waals surface area contributed by atoms with E-state index in [1.807, 2.05) is 6.92 Å². The molecule has 0 saturated heterocycles. The Labute approximate surface area is 113 Å². The quantitative estimate of drug-likeness (QED) is 0.636. The molecular weight excluding hydrogens is 274 g/mol. The van der Waals surface area contributed by atoms with E-state index in [1.165, 1.54) is 6.20 Å². The van der Waals surface area contributed by atoms with Crippen LogP contribution in [0.3, 0.4) is 0 Å². The molecule has 0 unspecified atom stereocenters. The van der Waals surface area contributed by atoms with Crippen LogP contribution in [-0.2, 0) is 6.54 Å². The highest BCUT2D eigenvalue weighted by Gasteiger charge is 2.20. The van der Waals surface area contributed by atoms with E-state index in [4.69, 9.17) is 11.6 Å². The van der Waals surface area contributed by atoms with Gasteiger partial charge in [0, 0.05) is 18.9 Å². The number of imidazole rings is 1. The van der Waals surface area contributed by atoms with Crippen molar-refractivity contribution in [2.45, 2.75) is 19.9 Å². The number of halogens is 3. The van der Waals surface area contributed by atoms with E-state index in [0.717, 1.165) is 18.6 Å². The molecule has 0 fully saturated rings. The third-order valence-corrected chi connectivity index (χ3v) is 2.93. The molecule has 1 heterocycles. The predicted molar refractivity (Wildman–Crippen MR) is 67.3 cm³/mol.